The van der Waals surface area contributed by atoms with E-state index < -0.39 is 21.7 Å². The molecule has 0 saturated heterocycles. The number of aryl methyl sites for hydroxylation is 2. The fourth-order valence-corrected chi connectivity index (χ4v) is 4.45. The van der Waals surface area contributed by atoms with Crippen LogP contribution in [-0.4, -0.2) is 26.8 Å². The number of nitrogens with one attached hydrogen (secondary N) is 3. The van der Waals surface area contributed by atoms with Gasteiger partial charge in [-0.15, -0.1) is 0 Å². The van der Waals surface area contributed by atoms with Crippen molar-refractivity contribution in [1.29, 1.82) is 0 Å². The van der Waals surface area contributed by atoms with Gasteiger partial charge < -0.3 is 10.6 Å². The highest BCUT2D eigenvalue weighted by Gasteiger charge is 2.15. The quantitative estimate of drug-likeness (QED) is 0.435. The summed E-state index contributed by atoms with van der Waals surface area (Å²) < 4.78 is 40.9. The van der Waals surface area contributed by atoms with Gasteiger partial charge in [-0.05, 0) is 61.4 Å². The van der Waals surface area contributed by atoms with Crippen LogP contribution in [0.25, 0.3) is 0 Å². The number of sulfonamides is 1. The van der Waals surface area contributed by atoms with E-state index >= 15 is 0 Å². The molecule has 0 aromatic heterocycles. The first-order chi connectivity index (χ1) is 16.1. The summed E-state index contributed by atoms with van der Waals surface area (Å²) in [5.74, 6) is -1.20. The molecule has 3 rings (SSSR count). The van der Waals surface area contributed by atoms with E-state index in [9.17, 15) is 22.4 Å². The van der Waals surface area contributed by atoms with Crippen LogP contribution in [-0.2, 0) is 27.9 Å². The molecule has 0 aliphatic rings. The van der Waals surface area contributed by atoms with E-state index in [1.807, 2.05) is 19.9 Å². The topological polar surface area (TPSA) is 104 Å². The number of carbonyl (C=O) groups excluding carboxylic acids is 2. The number of amides is 2. The maximum absolute atomic E-state index is 13.3. The summed E-state index contributed by atoms with van der Waals surface area (Å²) in [6.07, 6.45) is 0. The minimum atomic E-state index is -3.83. The summed E-state index contributed by atoms with van der Waals surface area (Å²) in [5.41, 5.74) is 3.45. The lowest BCUT2D eigenvalue weighted by Crippen LogP contribution is -2.36. The molecule has 0 aliphatic heterocycles. The zero-order chi connectivity index (χ0) is 24.7. The van der Waals surface area contributed by atoms with Crippen LogP contribution in [0.2, 0.25) is 0 Å². The van der Waals surface area contributed by atoms with Crippen molar-refractivity contribution in [2.24, 2.45) is 0 Å². The molecule has 0 unspecified atom stereocenters. The zero-order valence-electron chi connectivity index (χ0n) is 18.9. The molecular weight excluding hydrogens is 457 g/mol. The van der Waals surface area contributed by atoms with Crippen molar-refractivity contribution >= 4 is 21.8 Å². The standard InChI is InChI=1S/C25H26FN3O4S/c1-17-9-18(2)11-21(10-17)25(31)28-16-24(30)27-14-20-6-4-8-23(13-20)34(32,33)29-15-19-5-3-7-22(26)12-19/h3-13,29H,14-16H2,1-2H3,(H,27,30)(H,28,31). The molecular formula is C25H26FN3O4S. The minimum absolute atomic E-state index is 0.0266. The van der Waals surface area contributed by atoms with Crippen LogP contribution in [0.4, 0.5) is 4.39 Å². The second-order valence-electron chi connectivity index (χ2n) is 7.94. The van der Waals surface area contributed by atoms with Crippen LogP contribution in [0.15, 0.2) is 71.6 Å². The monoisotopic (exact) mass is 483 g/mol. The molecule has 0 bridgehead atoms. The van der Waals surface area contributed by atoms with Gasteiger partial charge in [0.25, 0.3) is 5.91 Å². The molecule has 0 heterocycles. The Bertz CT molecular complexity index is 1290. The van der Waals surface area contributed by atoms with Crippen LogP contribution >= 0.6 is 0 Å². The van der Waals surface area contributed by atoms with Gasteiger partial charge in [0, 0.05) is 18.7 Å². The summed E-state index contributed by atoms with van der Waals surface area (Å²) in [6, 6.07) is 17.2. The number of rotatable bonds is 9. The van der Waals surface area contributed by atoms with Gasteiger partial charge in [0.05, 0.1) is 11.4 Å². The molecule has 0 aliphatic carbocycles. The van der Waals surface area contributed by atoms with Crippen molar-refractivity contribution in [1.82, 2.24) is 15.4 Å². The van der Waals surface area contributed by atoms with E-state index in [0.29, 0.717) is 16.7 Å². The molecule has 9 heteroatoms. The highest BCUT2D eigenvalue weighted by Crippen LogP contribution is 2.13. The molecule has 2 amide bonds. The molecule has 3 N–H and O–H groups in total. The Kier molecular flexibility index (Phi) is 8.14. The maximum Gasteiger partial charge on any atom is 0.251 e. The summed E-state index contributed by atoms with van der Waals surface area (Å²) in [5, 5.41) is 5.24. The Morgan fingerprint density at radius 2 is 1.47 bits per heavy atom. The Morgan fingerprint density at radius 1 is 0.824 bits per heavy atom. The molecule has 3 aromatic carbocycles. The van der Waals surface area contributed by atoms with Crippen LogP contribution in [0.5, 0.6) is 0 Å². The summed E-state index contributed by atoms with van der Waals surface area (Å²) in [4.78, 5) is 24.5. The van der Waals surface area contributed by atoms with Gasteiger partial charge >= 0.3 is 0 Å². The van der Waals surface area contributed by atoms with Crippen molar-refractivity contribution in [3.05, 3.63) is 100 Å². The van der Waals surface area contributed by atoms with E-state index in [4.69, 9.17) is 0 Å². The first-order valence-corrected chi connectivity index (χ1v) is 12.1. The third-order valence-corrected chi connectivity index (χ3v) is 6.35. The highest BCUT2D eigenvalue weighted by atomic mass is 32.2. The number of halogens is 1. The number of hydrogen-bond donors (Lipinski definition) is 3. The van der Waals surface area contributed by atoms with Gasteiger partial charge in [-0.1, -0.05) is 41.5 Å². The first-order valence-electron chi connectivity index (χ1n) is 10.6. The number of hydrogen-bond acceptors (Lipinski definition) is 4. The smallest absolute Gasteiger partial charge is 0.251 e. The van der Waals surface area contributed by atoms with E-state index in [0.717, 1.165) is 11.1 Å². The van der Waals surface area contributed by atoms with E-state index in [2.05, 4.69) is 15.4 Å². The van der Waals surface area contributed by atoms with E-state index in [-0.39, 0.29) is 30.4 Å². The van der Waals surface area contributed by atoms with E-state index in [1.165, 1.54) is 30.3 Å². The lowest BCUT2D eigenvalue weighted by Gasteiger charge is -2.10. The summed E-state index contributed by atoms with van der Waals surface area (Å²) >= 11 is 0. The van der Waals surface area contributed by atoms with Gasteiger partial charge in [0.1, 0.15) is 5.82 Å². The summed E-state index contributed by atoms with van der Waals surface area (Å²) in [6.45, 7) is 3.61. The van der Waals surface area contributed by atoms with E-state index in [1.54, 1.807) is 30.3 Å². The Balaban J connectivity index is 1.53. The van der Waals surface area contributed by atoms with Gasteiger partial charge in [0.15, 0.2) is 0 Å². The third kappa shape index (κ3) is 7.23. The zero-order valence-corrected chi connectivity index (χ0v) is 19.7. The molecule has 0 fully saturated rings. The maximum atomic E-state index is 13.3. The van der Waals surface area contributed by atoms with Gasteiger partial charge in [-0.2, -0.15) is 0 Å². The molecule has 0 spiro atoms. The predicted molar refractivity (Wildman–Crippen MR) is 127 cm³/mol. The van der Waals surface area contributed by atoms with Crippen LogP contribution in [0.1, 0.15) is 32.6 Å². The molecule has 0 atom stereocenters. The van der Waals surface area contributed by atoms with Gasteiger partial charge in [-0.25, -0.2) is 17.5 Å². The molecule has 34 heavy (non-hydrogen) atoms. The average molecular weight is 484 g/mol. The predicted octanol–water partition coefficient (Wildman–Crippen LogP) is 2.97. The van der Waals surface area contributed by atoms with Crippen molar-refractivity contribution in [3.8, 4) is 0 Å². The van der Waals surface area contributed by atoms with Crippen molar-refractivity contribution in [2.75, 3.05) is 6.54 Å². The fraction of sp³-hybridized carbons (Fsp3) is 0.200. The average Bonchev–Trinajstić information content (AvgIpc) is 2.79. The molecule has 0 radical (unpaired) electrons. The molecule has 3 aromatic rings. The van der Waals surface area contributed by atoms with Crippen molar-refractivity contribution < 1.29 is 22.4 Å². The lowest BCUT2D eigenvalue weighted by atomic mass is 10.1. The minimum Gasteiger partial charge on any atom is -0.350 e. The Hall–Kier alpha value is -3.56. The van der Waals surface area contributed by atoms with Gasteiger partial charge in [0.2, 0.25) is 15.9 Å². The van der Waals surface area contributed by atoms with Crippen molar-refractivity contribution in [3.63, 3.8) is 0 Å². The van der Waals surface area contributed by atoms with Crippen LogP contribution in [0.3, 0.4) is 0 Å². The molecule has 0 saturated carbocycles. The Morgan fingerprint density at radius 3 is 2.15 bits per heavy atom. The number of carbonyl (C=O) groups is 2. The second-order valence-corrected chi connectivity index (χ2v) is 9.70. The first kappa shape index (κ1) is 25.1. The normalized spacial score (nSPS) is 11.1. The molecule has 7 nitrogen and oxygen atoms in total. The third-order valence-electron chi connectivity index (χ3n) is 4.95. The number of benzene rings is 3. The Labute approximate surface area is 198 Å². The SMILES string of the molecule is Cc1cc(C)cc(C(=O)NCC(=O)NCc2cccc(S(=O)(=O)NCc3cccc(F)c3)c2)c1. The van der Waals surface area contributed by atoms with Crippen LogP contribution in [0, 0.1) is 19.7 Å². The van der Waals surface area contributed by atoms with Crippen molar-refractivity contribution in [2.45, 2.75) is 31.8 Å². The highest BCUT2D eigenvalue weighted by molar-refractivity contribution is 7.89. The fourth-order valence-electron chi connectivity index (χ4n) is 3.36. The second kappa shape index (κ2) is 11.0. The lowest BCUT2D eigenvalue weighted by molar-refractivity contribution is -0.120. The summed E-state index contributed by atoms with van der Waals surface area (Å²) in [7, 11) is -3.83. The van der Waals surface area contributed by atoms with Crippen LogP contribution < -0.4 is 15.4 Å². The largest absolute Gasteiger partial charge is 0.350 e. The molecule has 178 valence electrons. The van der Waals surface area contributed by atoms with Gasteiger partial charge in [-0.3, -0.25) is 9.59 Å².